The van der Waals surface area contributed by atoms with Gasteiger partial charge in [-0.05, 0) is 36.8 Å². The summed E-state index contributed by atoms with van der Waals surface area (Å²) in [5.74, 6) is 7.04. The Balaban J connectivity index is 1.94. The Hall–Kier alpha value is -1.62. The summed E-state index contributed by atoms with van der Waals surface area (Å²) in [5.41, 5.74) is 4.00. The zero-order valence-corrected chi connectivity index (χ0v) is 12.3. The molecule has 0 radical (unpaired) electrons. The molecule has 1 heterocycles. The van der Waals surface area contributed by atoms with Gasteiger partial charge in [0, 0.05) is 17.8 Å². The molecule has 1 amide bonds. The van der Waals surface area contributed by atoms with E-state index in [2.05, 4.69) is 15.7 Å². The van der Waals surface area contributed by atoms with Crippen LogP contribution in [0, 0.1) is 5.92 Å². The standard InChI is InChI=1S/C15H24N4O/c1-10(2)13-8-12(9-14(18-13)19-16)15(20)17-7-3-4-11-5-6-11/h8-11H,3-7,16H2,1-2H3,(H,17,20)(H,18,19). The molecule has 0 aromatic carbocycles. The smallest absolute Gasteiger partial charge is 0.251 e. The second-order valence-corrected chi connectivity index (χ2v) is 5.81. The highest BCUT2D eigenvalue weighted by Gasteiger charge is 2.20. The summed E-state index contributed by atoms with van der Waals surface area (Å²) in [5, 5.41) is 2.96. The second kappa shape index (κ2) is 6.70. The first-order valence-corrected chi connectivity index (χ1v) is 7.37. The number of hydrazine groups is 1. The molecule has 0 saturated heterocycles. The average Bonchev–Trinajstić information content (AvgIpc) is 3.26. The maximum atomic E-state index is 12.1. The molecule has 4 N–H and O–H groups in total. The second-order valence-electron chi connectivity index (χ2n) is 5.81. The first kappa shape index (κ1) is 14.8. The fourth-order valence-corrected chi connectivity index (χ4v) is 2.15. The number of nitrogens with two attached hydrogens (primary N) is 1. The van der Waals surface area contributed by atoms with Gasteiger partial charge in [0.05, 0.1) is 0 Å². The third kappa shape index (κ3) is 4.20. The molecule has 0 spiro atoms. The summed E-state index contributed by atoms with van der Waals surface area (Å²) in [4.78, 5) is 16.5. The molecule has 2 rings (SSSR count). The van der Waals surface area contributed by atoms with E-state index < -0.39 is 0 Å². The van der Waals surface area contributed by atoms with Gasteiger partial charge in [0.15, 0.2) is 0 Å². The number of pyridine rings is 1. The van der Waals surface area contributed by atoms with Gasteiger partial charge in [0.1, 0.15) is 5.82 Å². The first-order valence-electron chi connectivity index (χ1n) is 7.37. The van der Waals surface area contributed by atoms with E-state index in [-0.39, 0.29) is 11.8 Å². The van der Waals surface area contributed by atoms with E-state index in [1.807, 2.05) is 19.9 Å². The van der Waals surface area contributed by atoms with Crippen LogP contribution in [0.5, 0.6) is 0 Å². The van der Waals surface area contributed by atoms with Crippen molar-refractivity contribution in [1.29, 1.82) is 0 Å². The molecular formula is C15H24N4O. The zero-order chi connectivity index (χ0) is 14.5. The largest absolute Gasteiger partial charge is 0.352 e. The minimum Gasteiger partial charge on any atom is -0.352 e. The Morgan fingerprint density at radius 3 is 2.80 bits per heavy atom. The van der Waals surface area contributed by atoms with Crippen molar-refractivity contribution in [1.82, 2.24) is 10.3 Å². The average molecular weight is 276 g/mol. The van der Waals surface area contributed by atoms with Crippen LogP contribution in [0.25, 0.3) is 0 Å². The quantitative estimate of drug-likeness (QED) is 0.406. The van der Waals surface area contributed by atoms with Gasteiger partial charge in [-0.1, -0.05) is 26.7 Å². The molecule has 5 heteroatoms. The van der Waals surface area contributed by atoms with Crippen LogP contribution < -0.4 is 16.6 Å². The Bertz CT molecular complexity index is 469. The molecule has 1 aliphatic rings. The van der Waals surface area contributed by atoms with Crippen molar-refractivity contribution in [3.8, 4) is 0 Å². The van der Waals surface area contributed by atoms with Crippen molar-refractivity contribution in [3.05, 3.63) is 23.4 Å². The van der Waals surface area contributed by atoms with Gasteiger partial charge in [-0.2, -0.15) is 0 Å². The van der Waals surface area contributed by atoms with Gasteiger partial charge in [-0.3, -0.25) is 4.79 Å². The maximum absolute atomic E-state index is 12.1. The zero-order valence-electron chi connectivity index (χ0n) is 12.3. The Kier molecular flexibility index (Phi) is 4.95. The van der Waals surface area contributed by atoms with Gasteiger partial charge >= 0.3 is 0 Å². The highest BCUT2D eigenvalue weighted by atomic mass is 16.1. The molecule has 0 unspecified atom stereocenters. The molecule has 5 nitrogen and oxygen atoms in total. The lowest BCUT2D eigenvalue weighted by atomic mass is 10.1. The summed E-state index contributed by atoms with van der Waals surface area (Å²) in [6.07, 6.45) is 5.01. The summed E-state index contributed by atoms with van der Waals surface area (Å²) in [7, 11) is 0. The highest BCUT2D eigenvalue weighted by Crippen LogP contribution is 2.33. The molecule has 0 atom stereocenters. The molecule has 1 aromatic rings. The fraction of sp³-hybridized carbons (Fsp3) is 0.600. The van der Waals surface area contributed by atoms with Crippen LogP contribution in [0.3, 0.4) is 0 Å². The minimum atomic E-state index is -0.0541. The number of amides is 1. The molecule has 1 aromatic heterocycles. The monoisotopic (exact) mass is 276 g/mol. The lowest BCUT2D eigenvalue weighted by Gasteiger charge is -2.11. The number of carbonyl (C=O) groups is 1. The van der Waals surface area contributed by atoms with Crippen LogP contribution in [0.2, 0.25) is 0 Å². The van der Waals surface area contributed by atoms with Crippen LogP contribution in [-0.4, -0.2) is 17.4 Å². The number of nitrogens with one attached hydrogen (secondary N) is 2. The summed E-state index contributed by atoms with van der Waals surface area (Å²) in [6, 6.07) is 3.52. The maximum Gasteiger partial charge on any atom is 0.251 e. The number of hydrogen-bond acceptors (Lipinski definition) is 4. The van der Waals surface area contributed by atoms with Crippen LogP contribution in [-0.2, 0) is 0 Å². The van der Waals surface area contributed by atoms with Crippen molar-refractivity contribution >= 4 is 11.7 Å². The van der Waals surface area contributed by atoms with E-state index in [1.165, 1.54) is 19.3 Å². The highest BCUT2D eigenvalue weighted by molar-refractivity contribution is 5.95. The normalized spacial score (nSPS) is 14.4. The number of hydrogen-bond donors (Lipinski definition) is 3. The number of aromatic nitrogens is 1. The van der Waals surface area contributed by atoms with E-state index >= 15 is 0 Å². The predicted molar refractivity (Wildman–Crippen MR) is 80.4 cm³/mol. The summed E-state index contributed by atoms with van der Waals surface area (Å²) in [6.45, 7) is 4.82. The molecule has 1 aliphatic carbocycles. The molecule has 0 aliphatic heterocycles. The predicted octanol–water partition coefficient (Wildman–Crippen LogP) is 2.41. The molecule has 0 bridgehead atoms. The number of anilines is 1. The van der Waals surface area contributed by atoms with Crippen molar-refractivity contribution in [2.24, 2.45) is 11.8 Å². The number of nitrogen functional groups attached to an aromatic ring is 1. The van der Waals surface area contributed by atoms with Crippen molar-refractivity contribution in [2.75, 3.05) is 12.0 Å². The number of nitrogens with zero attached hydrogens (tertiary/aromatic N) is 1. The lowest BCUT2D eigenvalue weighted by molar-refractivity contribution is 0.0952. The number of carbonyl (C=O) groups excluding carboxylic acids is 1. The molecule has 1 saturated carbocycles. The van der Waals surface area contributed by atoms with Gasteiger partial charge in [-0.15, -0.1) is 0 Å². The minimum absolute atomic E-state index is 0.0541. The van der Waals surface area contributed by atoms with Gasteiger partial charge < -0.3 is 10.7 Å². The topological polar surface area (TPSA) is 80.0 Å². The van der Waals surface area contributed by atoms with Crippen LogP contribution >= 0.6 is 0 Å². The van der Waals surface area contributed by atoms with Crippen molar-refractivity contribution in [3.63, 3.8) is 0 Å². The Labute approximate surface area is 120 Å². The SMILES string of the molecule is CC(C)c1cc(C(=O)NCCCC2CC2)cc(NN)n1. The summed E-state index contributed by atoms with van der Waals surface area (Å²) < 4.78 is 0. The van der Waals surface area contributed by atoms with E-state index in [0.29, 0.717) is 11.4 Å². The lowest BCUT2D eigenvalue weighted by Crippen LogP contribution is -2.25. The van der Waals surface area contributed by atoms with Gasteiger partial charge in [0.25, 0.3) is 5.91 Å². The van der Waals surface area contributed by atoms with Gasteiger partial charge in [-0.25, -0.2) is 10.8 Å². The Morgan fingerprint density at radius 1 is 1.45 bits per heavy atom. The van der Waals surface area contributed by atoms with Crippen LogP contribution in [0.15, 0.2) is 12.1 Å². The number of rotatable bonds is 7. The third-order valence-corrected chi connectivity index (χ3v) is 3.62. The first-order chi connectivity index (χ1) is 9.60. The van der Waals surface area contributed by atoms with E-state index in [0.717, 1.165) is 24.6 Å². The van der Waals surface area contributed by atoms with Crippen molar-refractivity contribution < 1.29 is 4.79 Å². The summed E-state index contributed by atoms with van der Waals surface area (Å²) >= 11 is 0. The Morgan fingerprint density at radius 2 is 2.20 bits per heavy atom. The van der Waals surface area contributed by atoms with Crippen LogP contribution in [0.4, 0.5) is 5.82 Å². The van der Waals surface area contributed by atoms with E-state index in [9.17, 15) is 4.79 Å². The molecule has 20 heavy (non-hydrogen) atoms. The molecular weight excluding hydrogens is 252 g/mol. The molecule has 1 fully saturated rings. The van der Waals surface area contributed by atoms with E-state index in [1.54, 1.807) is 6.07 Å². The van der Waals surface area contributed by atoms with Crippen LogP contribution in [0.1, 0.15) is 61.5 Å². The molecule has 110 valence electrons. The third-order valence-electron chi connectivity index (χ3n) is 3.62. The van der Waals surface area contributed by atoms with Gasteiger partial charge in [0.2, 0.25) is 0 Å². The fourth-order valence-electron chi connectivity index (χ4n) is 2.15. The van der Waals surface area contributed by atoms with E-state index in [4.69, 9.17) is 5.84 Å². The van der Waals surface area contributed by atoms with Crippen molar-refractivity contribution in [2.45, 2.75) is 45.4 Å².